The summed E-state index contributed by atoms with van der Waals surface area (Å²) in [5, 5.41) is 0. The summed E-state index contributed by atoms with van der Waals surface area (Å²) in [5.41, 5.74) is 3.45. The molecule has 1 radical (unpaired) electrons. The van der Waals surface area contributed by atoms with Crippen LogP contribution in [0.25, 0.3) is 0 Å². The molecule has 85 valence electrons. The molecule has 0 N–H and O–H groups in total. The molecule has 0 saturated heterocycles. The molecule has 0 aromatic heterocycles. The minimum atomic E-state index is 0.284. The number of benzene rings is 2. The molecule has 0 amide bonds. The third-order valence-corrected chi connectivity index (χ3v) is 2.64. The smallest absolute Gasteiger partial charge is 0.417 e. The fourth-order valence-corrected chi connectivity index (χ4v) is 1.79. The van der Waals surface area contributed by atoms with E-state index in [4.69, 9.17) is 4.74 Å². The highest BCUT2D eigenvalue weighted by molar-refractivity contribution is 5.39. The zero-order valence-electron chi connectivity index (χ0n) is 9.43. The highest BCUT2D eigenvalue weighted by Gasteiger charge is 2.03. The third-order valence-electron chi connectivity index (χ3n) is 2.64. The number of ether oxygens (including phenoxy) is 1. The molecule has 2 aromatic rings. The Bertz CT molecular complexity index is 477. The van der Waals surface area contributed by atoms with E-state index in [1.165, 1.54) is 17.6 Å². The van der Waals surface area contributed by atoms with Crippen molar-refractivity contribution < 1.29 is 9.53 Å². The summed E-state index contributed by atoms with van der Waals surface area (Å²) in [6.45, 7) is 1.74. The summed E-state index contributed by atoms with van der Waals surface area (Å²) < 4.78 is 4.69. The summed E-state index contributed by atoms with van der Waals surface area (Å²) >= 11 is 0. The predicted molar refractivity (Wildman–Crippen MR) is 66.2 cm³/mol. The monoisotopic (exact) mass is 225 g/mol. The predicted octanol–water partition coefficient (Wildman–Crippen LogP) is 2.86. The van der Waals surface area contributed by atoms with Crippen LogP contribution in [0.4, 0.5) is 0 Å². The van der Waals surface area contributed by atoms with Gasteiger partial charge in [-0.15, -0.1) is 0 Å². The largest absolute Gasteiger partial charge is 0.452 e. The van der Waals surface area contributed by atoms with Gasteiger partial charge in [0.2, 0.25) is 0 Å². The quantitative estimate of drug-likeness (QED) is 0.782. The molecular formula is C15H13O2. The lowest BCUT2D eigenvalue weighted by molar-refractivity contribution is 0.266. The molecule has 2 heteroatoms. The van der Waals surface area contributed by atoms with E-state index in [9.17, 15) is 4.79 Å². The van der Waals surface area contributed by atoms with Crippen molar-refractivity contribution >= 4 is 6.47 Å². The number of hydrogen-bond donors (Lipinski definition) is 0. The maximum Gasteiger partial charge on any atom is 0.417 e. The summed E-state index contributed by atoms with van der Waals surface area (Å²) in [6, 6.07) is 18.2. The van der Waals surface area contributed by atoms with E-state index < -0.39 is 0 Å². The van der Waals surface area contributed by atoms with Crippen molar-refractivity contribution in [2.75, 3.05) is 0 Å². The van der Waals surface area contributed by atoms with E-state index in [0.29, 0.717) is 0 Å². The average molecular weight is 225 g/mol. The first kappa shape index (κ1) is 11.4. The normalized spacial score (nSPS) is 9.88. The first-order valence-corrected chi connectivity index (χ1v) is 5.50. The van der Waals surface area contributed by atoms with Crippen LogP contribution in [0.1, 0.15) is 16.7 Å². The van der Waals surface area contributed by atoms with Crippen LogP contribution in [-0.4, -0.2) is 6.47 Å². The van der Waals surface area contributed by atoms with E-state index in [1.807, 2.05) is 36.4 Å². The van der Waals surface area contributed by atoms with Crippen LogP contribution in [0.5, 0.6) is 0 Å². The van der Waals surface area contributed by atoms with Crippen LogP contribution in [0.15, 0.2) is 54.6 Å². The van der Waals surface area contributed by atoms with E-state index in [1.54, 1.807) is 0 Å². The zero-order chi connectivity index (χ0) is 11.9. The van der Waals surface area contributed by atoms with E-state index >= 15 is 0 Å². The van der Waals surface area contributed by atoms with Crippen LogP contribution >= 0.6 is 0 Å². The lowest BCUT2D eigenvalue weighted by atomic mass is 10.0. The van der Waals surface area contributed by atoms with Gasteiger partial charge < -0.3 is 4.74 Å². The van der Waals surface area contributed by atoms with E-state index in [2.05, 4.69) is 18.2 Å². The maximum atomic E-state index is 10.1. The molecule has 0 atom stereocenters. The van der Waals surface area contributed by atoms with Crippen LogP contribution in [-0.2, 0) is 22.6 Å². The van der Waals surface area contributed by atoms with E-state index in [0.717, 1.165) is 12.0 Å². The molecule has 0 aliphatic heterocycles. The molecule has 0 unspecified atom stereocenters. The van der Waals surface area contributed by atoms with Gasteiger partial charge in [0.1, 0.15) is 6.61 Å². The molecule has 0 fully saturated rings. The molecule has 0 spiro atoms. The van der Waals surface area contributed by atoms with Crippen LogP contribution < -0.4 is 0 Å². The molecule has 0 aliphatic carbocycles. The third kappa shape index (κ3) is 3.18. The van der Waals surface area contributed by atoms with Crippen molar-refractivity contribution in [1.82, 2.24) is 0 Å². The Hall–Kier alpha value is -2.09. The lowest BCUT2D eigenvalue weighted by Crippen LogP contribution is -1.97. The molecule has 2 aromatic carbocycles. The van der Waals surface area contributed by atoms with Crippen molar-refractivity contribution in [2.24, 2.45) is 0 Å². The summed E-state index contributed by atoms with van der Waals surface area (Å²) in [5.74, 6) is 0. The summed E-state index contributed by atoms with van der Waals surface area (Å²) in [7, 11) is 0. The Labute approximate surface area is 101 Å². The van der Waals surface area contributed by atoms with Gasteiger partial charge in [0.05, 0.1) is 0 Å². The molecule has 0 bridgehead atoms. The molecule has 17 heavy (non-hydrogen) atoms. The Morgan fingerprint density at radius 2 is 1.53 bits per heavy atom. The van der Waals surface area contributed by atoms with Gasteiger partial charge in [-0.05, 0) is 23.1 Å². The minimum absolute atomic E-state index is 0.284. The zero-order valence-corrected chi connectivity index (χ0v) is 9.43. The number of rotatable bonds is 5. The highest BCUT2D eigenvalue weighted by atomic mass is 16.5. The Morgan fingerprint density at radius 3 is 2.24 bits per heavy atom. The summed E-state index contributed by atoms with van der Waals surface area (Å²) in [6.07, 6.45) is 0.846. The van der Waals surface area contributed by atoms with Crippen molar-refractivity contribution in [3.63, 3.8) is 0 Å². The number of hydrogen-bond acceptors (Lipinski definition) is 2. The van der Waals surface area contributed by atoms with Gasteiger partial charge in [-0.3, -0.25) is 0 Å². The fraction of sp³-hybridized carbons (Fsp3) is 0.133. The molecule has 0 heterocycles. The second-order valence-electron chi connectivity index (χ2n) is 3.80. The number of carbonyl (C=O) groups excluding carboxylic acids is 1. The molecule has 2 nitrogen and oxygen atoms in total. The highest BCUT2D eigenvalue weighted by Crippen LogP contribution is 2.15. The van der Waals surface area contributed by atoms with Gasteiger partial charge in [0.15, 0.2) is 0 Å². The first-order valence-electron chi connectivity index (χ1n) is 5.50. The van der Waals surface area contributed by atoms with Crippen molar-refractivity contribution in [3.05, 3.63) is 71.3 Å². The first-order chi connectivity index (χ1) is 8.40. The van der Waals surface area contributed by atoms with Crippen LogP contribution in [0.3, 0.4) is 0 Å². The second kappa shape index (κ2) is 5.85. The molecule has 0 aliphatic rings. The van der Waals surface area contributed by atoms with Crippen molar-refractivity contribution in [3.8, 4) is 0 Å². The van der Waals surface area contributed by atoms with Gasteiger partial charge in [0.25, 0.3) is 0 Å². The van der Waals surface area contributed by atoms with E-state index in [-0.39, 0.29) is 6.61 Å². The Morgan fingerprint density at radius 1 is 0.882 bits per heavy atom. The van der Waals surface area contributed by atoms with Crippen molar-refractivity contribution in [2.45, 2.75) is 13.0 Å². The second-order valence-corrected chi connectivity index (χ2v) is 3.80. The molecule has 0 saturated carbocycles. The SMILES string of the molecule is O=[C]OCc1ccccc1Cc1ccccc1. The van der Waals surface area contributed by atoms with Gasteiger partial charge >= 0.3 is 6.47 Å². The molecular weight excluding hydrogens is 212 g/mol. The van der Waals surface area contributed by atoms with Gasteiger partial charge in [0, 0.05) is 0 Å². The van der Waals surface area contributed by atoms with Gasteiger partial charge in [-0.2, -0.15) is 0 Å². The van der Waals surface area contributed by atoms with Crippen LogP contribution in [0, 0.1) is 0 Å². The Kier molecular flexibility index (Phi) is 3.92. The fourth-order valence-electron chi connectivity index (χ4n) is 1.79. The Balaban J connectivity index is 2.17. The van der Waals surface area contributed by atoms with Crippen molar-refractivity contribution in [1.29, 1.82) is 0 Å². The topological polar surface area (TPSA) is 26.3 Å². The standard InChI is InChI=1S/C15H13O2/c16-12-17-11-15-9-5-4-8-14(15)10-13-6-2-1-3-7-13/h1-9H,10-11H2. The maximum absolute atomic E-state index is 10.1. The summed E-state index contributed by atoms with van der Waals surface area (Å²) in [4.78, 5) is 10.1. The minimum Gasteiger partial charge on any atom is -0.452 e. The average Bonchev–Trinajstić information content (AvgIpc) is 2.39. The molecule has 2 rings (SSSR count). The van der Waals surface area contributed by atoms with Gasteiger partial charge in [-0.25, -0.2) is 4.79 Å². The van der Waals surface area contributed by atoms with Crippen LogP contribution in [0.2, 0.25) is 0 Å². The lowest BCUT2D eigenvalue weighted by Gasteiger charge is -2.08. The van der Waals surface area contributed by atoms with Gasteiger partial charge in [-0.1, -0.05) is 54.6 Å².